The molecule has 1 atom stereocenters. The minimum Gasteiger partial charge on any atom is -0.377 e. The van der Waals surface area contributed by atoms with Gasteiger partial charge in [0.1, 0.15) is 0 Å². The maximum absolute atomic E-state index is 5.84. The third-order valence-corrected chi connectivity index (χ3v) is 3.33. The molecule has 1 saturated heterocycles. The molecule has 0 aromatic rings. The summed E-state index contributed by atoms with van der Waals surface area (Å²) in [6.07, 6.45) is 4.17. The third kappa shape index (κ3) is 4.63. The highest BCUT2D eigenvalue weighted by molar-refractivity contribution is 6.18. The molecule has 0 bridgehead atoms. The van der Waals surface area contributed by atoms with E-state index in [4.69, 9.17) is 16.3 Å². The molecule has 1 aliphatic heterocycles. The van der Waals surface area contributed by atoms with E-state index in [1.807, 2.05) is 0 Å². The van der Waals surface area contributed by atoms with E-state index in [0.29, 0.717) is 12.0 Å². The Bertz CT molecular complexity index is 155. The molecule has 84 valence electrons. The summed E-state index contributed by atoms with van der Waals surface area (Å²) in [5.74, 6) is 0.700. The molecule has 14 heavy (non-hydrogen) atoms. The van der Waals surface area contributed by atoms with Crippen LogP contribution < -0.4 is 5.32 Å². The molecule has 1 aliphatic rings. The standard InChI is InChI=1S/C11H22ClNO/c1-11(2,8-12)9-13-7-10-5-3-4-6-14-10/h10,13H,3-9H2,1-2H3. The van der Waals surface area contributed by atoms with Crippen LogP contribution in [0.3, 0.4) is 0 Å². The zero-order valence-corrected chi connectivity index (χ0v) is 10.1. The van der Waals surface area contributed by atoms with Gasteiger partial charge in [-0.3, -0.25) is 0 Å². The van der Waals surface area contributed by atoms with E-state index in [-0.39, 0.29) is 5.41 Å². The number of ether oxygens (including phenoxy) is 1. The highest BCUT2D eigenvalue weighted by Crippen LogP contribution is 2.16. The number of alkyl halides is 1. The van der Waals surface area contributed by atoms with Crippen molar-refractivity contribution >= 4 is 11.6 Å². The number of rotatable bonds is 5. The summed E-state index contributed by atoms with van der Waals surface area (Å²) in [7, 11) is 0. The van der Waals surface area contributed by atoms with Crippen molar-refractivity contribution in [3.63, 3.8) is 0 Å². The van der Waals surface area contributed by atoms with Gasteiger partial charge in [-0.15, -0.1) is 11.6 Å². The van der Waals surface area contributed by atoms with Crippen LogP contribution in [0.2, 0.25) is 0 Å². The van der Waals surface area contributed by atoms with E-state index in [1.54, 1.807) is 0 Å². The number of halogens is 1. The van der Waals surface area contributed by atoms with Crippen molar-refractivity contribution in [2.75, 3.05) is 25.6 Å². The second-order valence-electron chi connectivity index (χ2n) is 4.92. The minimum atomic E-state index is 0.191. The van der Waals surface area contributed by atoms with Crippen LogP contribution >= 0.6 is 11.6 Å². The lowest BCUT2D eigenvalue weighted by molar-refractivity contribution is 0.0160. The van der Waals surface area contributed by atoms with Crippen LogP contribution in [0.15, 0.2) is 0 Å². The molecule has 0 saturated carbocycles. The fraction of sp³-hybridized carbons (Fsp3) is 1.00. The maximum Gasteiger partial charge on any atom is 0.0699 e. The molecular weight excluding hydrogens is 198 g/mol. The summed E-state index contributed by atoms with van der Waals surface area (Å²) in [4.78, 5) is 0. The number of hydrogen-bond donors (Lipinski definition) is 1. The largest absolute Gasteiger partial charge is 0.377 e. The topological polar surface area (TPSA) is 21.3 Å². The Morgan fingerprint density at radius 2 is 2.21 bits per heavy atom. The van der Waals surface area contributed by atoms with Crippen molar-refractivity contribution < 1.29 is 4.74 Å². The molecule has 3 heteroatoms. The van der Waals surface area contributed by atoms with Gasteiger partial charge in [-0.1, -0.05) is 13.8 Å². The van der Waals surface area contributed by atoms with Crippen molar-refractivity contribution in [2.45, 2.75) is 39.2 Å². The van der Waals surface area contributed by atoms with Crippen LogP contribution in [0.1, 0.15) is 33.1 Å². The lowest BCUT2D eigenvalue weighted by Gasteiger charge is -2.26. The van der Waals surface area contributed by atoms with Gasteiger partial charge in [0.05, 0.1) is 6.10 Å². The fourth-order valence-electron chi connectivity index (χ4n) is 1.59. The first kappa shape index (κ1) is 12.3. The van der Waals surface area contributed by atoms with Crippen LogP contribution in [-0.4, -0.2) is 31.7 Å². The van der Waals surface area contributed by atoms with Gasteiger partial charge in [0, 0.05) is 25.6 Å². The van der Waals surface area contributed by atoms with Gasteiger partial charge < -0.3 is 10.1 Å². The molecule has 1 unspecified atom stereocenters. The van der Waals surface area contributed by atoms with Crippen LogP contribution in [0, 0.1) is 5.41 Å². The molecule has 1 N–H and O–H groups in total. The molecule has 0 aliphatic carbocycles. The average molecular weight is 220 g/mol. The first-order valence-electron chi connectivity index (χ1n) is 5.52. The lowest BCUT2D eigenvalue weighted by atomic mass is 9.96. The zero-order valence-electron chi connectivity index (χ0n) is 9.31. The Morgan fingerprint density at radius 3 is 2.79 bits per heavy atom. The second kappa shape index (κ2) is 5.94. The summed E-state index contributed by atoms with van der Waals surface area (Å²) in [5.41, 5.74) is 0.191. The highest BCUT2D eigenvalue weighted by atomic mass is 35.5. The van der Waals surface area contributed by atoms with E-state index in [9.17, 15) is 0 Å². The predicted octanol–water partition coefficient (Wildman–Crippen LogP) is 2.41. The van der Waals surface area contributed by atoms with E-state index in [2.05, 4.69) is 19.2 Å². The van der Waals surface area contributed by atoms with Gasteiger partial charge in [0.25, 0.3) is 0 Å². The Balaban J connectivity index is 2.08. The van der Waals surface area contributed by atoms with Gasteiger partial charge in [0.15, 0.2) is 0 Å². The average Bonchev–Trinajstić information content (AvgIpc) is 2.19. The summed E-state index contributed by atoms with van der Waals surface area (Å²) in [5, 5.41) is 3.44. The molecule has 1 heterocycles. The molecule has 0 aromatic heterocycles. The molecule has 1 rings (SSSR count). The van der Waals surface area contributed by atoms with Gasteiger partial charge in [-0.2, -0.15) is 0 Å². The minimum absolute atomic E-state index is 0.191. The third-order valence-electron chi connectivity index (χ3n) is 2.61. The molecule has 1 fully saturated rings. The first-order chi connectivity index (χ1) is 6.64. The van der Waals surface area contributed by atoms with E-state index in [0.717, 1.165) is 19.7 Å². The molecule has 0 radical (unpaired) electrons. The van der Waals surface area contributed by atoms with Gasteiger partial charge in [-0.25, -0.2) is 0 Å². The van der Waals surface area contributed by atoms with Gasteiger partial charge in [-0.05, 0) is 24.7 Å². The smallest absolute Gasteiger partial charge is 0.0699 e. The normalized spacial score (nSPS) is 23.8. The Morgan fingerprint density at radius 1 is 1.43 bits per heavy atom. The maximum atomic E-state index is 5.84. The highest BCUT2D eigenvalue weighted by Gasteiger charge is 2.18. The first-order valence-corrected chi connectivity index (χ1v) is 6.06. The summed E-state index contributed by atoms with van der Waals surface area (Å²) >= 11 is 5.84. The Hall–Kier alpha value is 0.210. The van der Waals surface area contributed by atoms with Crippen LogP contribution in [-0.2, 0) is 4.74 Å². The summed E-state index contributed by atoms with van der Waals surface area (Å²) in [6.45, 7) is 7.23. The number of nitrogens with one attached hydrogen (secondary N) is 1. The zero-order chi connectivity index (χ0) is 10.4. The second-order valence-corrected chi connectivity index (χ2v) is 5.18. The number of hydrogen-bond acceptors (Lipinski definition) is 2. The van der Waals surface area contributed by atoms with E-state index >= 15 is 0 Å². The van der Waals surface area contributed by atoms with Crippen molar-refractivity contribution in [1.82, 2.24) is 5.32 Å². The summed E-state index contributed by atoms with van der Waals surface area (Å²) in [6, 6.07) is 0. The van der Waals surface area contributed by atoms with Crippen molar-refractivity contribution in [2.24, 2.45) is 5.41 Å². The van der Waals surface area contributed by atoms with Crippen LogP contribution in [0.4, 0.5) is 0 Å². The van der Waals surface area contributed by atoms with Gasteiger partial charge in [0.2, 0.25) is 0 Å². The molecular formula is C11H22ClNO. The Kier molecular flexibility index (Phi) is 5.21. The predicted molar refractivity (Wildman–Crippen MR) is 61.0 cm³/mol. The molecule has 0 aromatic carbocycles. The van der Waals surface area contributed by atoms with Crippen molar-refractivity contribution in [3.8, 4) is 0 Å². The van der Waals surface area contributed by atoms with E-state index < -0.39 is 0 Å². The van der Waals surface area contributed by atoms with Gasteiger partial charge >= 0.3 is 0 Å². The van der Waals surface area contributed by atoms with Crippen molar-refractivity contribution in [1.29, 1.82) is 0 Å². The van der Waals surface area contributed by atoms with Crippen LogP contribution in [0.25, 0.3) is 0 Å². The van der Waals surface area contributed by atoms with E-state index in [1.165, 1.54) is 19.3 Å². The molecule has 0 spiro atoms. The molecule has 0 amide bonds. The molecule has 2 nitrogen and oxygen atoms in total. The van der Waals surface area contributed by atoms with Crippen LogP contribution in [0.5, 0.6) is 0 Å². The lowest BCUT2D eigenvalue weighted by Crippen LogP contribution is -2.37. The van der Waals surface area contributed by atoms with Crippen molar-refractivity contribution in [3.05, 3.63) is 0 Å². The fourth-order valence-corrected chi connectivity index (χ4v) is 1.68. The quantitative estimate of drug-likeness (QED) is 0.718. The SMILES string of the molecule is CC(C)(CCl)CNCC1CCCCO1. The Labute approximate surface area is 92.3 Å². The monoisotopic (exact) mass is 219 g/mol. The summed E-state index contributed by atoms with van der Waals surface area (Å²) < 4.78 is 5.63.